The van der Waals surface area contributed by atoms with Crippen molar-refractivity contribution >= 4 is 34.1 Å². The predicted molar refractivity (Wildman–Crippen MR) is 106 cm³/mol. The van der Waals surface area contributed by atoms with E-state index in [4.69, 9.17) is 4.74 Å². The molecule has 3 aromatic carbocycles. The smallest absolute Gasteiger partial charge is 0.311 e. The van der Waals surface area contributed by atoms with E-state index >= 15 is 0 Å². The Morgan fingerprint density at radius 2 is 1.72 bits per heavy atom. The molecule has 1 aliphatic heterocycles. The van der Waals surface area contributed by atoms with Crippen LogP contribution in [0.1, 0.15) is 16.8 Å². The van der Waals surface area contributed by atoms with Crippen LogP contribution in [-0.2, 0) is 14.3 Å². The second kappa shape index (κ2) is 7.83. The number of nitrogens with zero attached hydrogens (tertiary/aromatic N) is 1. The number of ketones is 1. The number of anilines is 1. The van der Waals surface area contributed by atoms with Gasteiger partial charge in [0.25, 0.3) is 0 Å². The largest absolute Gasteiger partial charge is 0.457 e. The molecule has 0 unspecified atom stereocenters. The number of esters is 1. The molecule has 1 atom stereocenters. The van der Waals surface area contributed by atoms with Crippen molar-refractivity contribution in [1.82, 2.24) is 0 Å². The first kappa shape index (κ1) is 18.8. The molecule has 0 bridgehead atoms. The lowest BCUT2D eigenvalue weighted by molar-refractivity contribution is -0.147. The van der Waals surface area contributed by atoms with Gasteiger partial charge in [-0.25, -0.2) is 4.39 Å². The van der Waals surface area contributed by atoms with Gasteiger partial charge in [-0.2, -0.15) is 0 Å². The fourth-order valence-electron chi connectivity index (χ4n) is 3.52. The van der Waals surface area contributed by atoms with E-state index in [0.717, 1.165) is 16.5 Å². The Kier molecular flexibility index (Phi) is 5.08. The second-order valence-electron chi connectivity index (χ2n) is 6.94. The first-order valence-electron chi connectivity index (χ1n) is 9.26. The van der Waals surface area contributed by atoms with Crippen LogP contribution in [0, 0.1) is 11.7 Å². The van der Waals surface area contributed by atoms with Gasteiger partial charge in [0.15, 0.2) is 12.4 Å². The highest BCUT2D eigenvalue weighted by molar-refractivity contribution is 6.06. The molecule has 29 heavy (non-hydrogen) atoms. The summed E-state index contributed by atoms with van der Waals surface area (Å²) in [5.41, 5.74) is 1.02. The Balaban J connectivity index is 1.43. The molecule has 0 aliphatic carbocycles. The topological polar surface area (TPSA) is 63.7 Å². The van der Waals surface area contributed by atoms with Crippen molar-refractivity contribution in [2.75, 3.05) is 18.1 Å². The third-order valence-corrected chi connectivity index (χ3v) is 5.03. The third-order valence-electron chi connectivity index (χ3n) is 5.03. The van der Waals surface area contributed by atoms with Crippen molar-refractivity contribution in [1.29, 1.82) is 0 Å². The van der Waals surface area contributed by atoms with Crippen LogP contribution in [0.3, 0.4) is 0 Å². The Labute approximate surface area is 166 Å². The van der Waals surface area contributed by atoms with E-state index in [-0.39, 0.29) is 24.4 Å². The van der Waals surface area contributed by atoms with Gasteiger partial charge in [0.05, 0.1) is 11.6 Å². The van der Waals surface area contributed by atoms with Crippen molar-refractivity contribution in [3.8, 4) is 0 Å². The number of Topliss-reactive ketones (excluding diaryl/α,β-unsaturated/α-hetero) is 1. The van der Waals surface area contributed by atoms with E-state index in [1.165, 1.54) is 24.3 Å². The Morgan fingerprint density at radius 1 is 1.00 bits per heavy atom. The zero-order chi connectivity index (χ0) is 20.4. The van der Waals surface area contributed by atoms with Gasteiger partial charge in [0.2, 0.25) is 5.91 Å². The zero-order valence-corrected chi connectivity index (χ0v) is 15.5. The monoisotopic (exact) mass is 391 g/mol. The normalized spacial score (nSPS) is 16.2. The van der Waals surface area contributed by atoms with Gasteiger partial charge in [-0.05, 0) is 35.7 Å². The maximum atomic E-state index is 12.9. The summed E-state index contributed by atoms with van der Waals surface area (Å²) in [6.07, 6.45) is 0.0345. The quantitative estimate of drug-likeness (QED) is 0.491. The summed E-state index contributed by atoms with van der Waals surface area (Å²) in [6.45, 7) is -0.236. The highest BCUT2D eigenvalue weighted by atomic mass is 19.1. The number of rotatable bonds is 5. The van der Waals surface area contributed by atoms with Crippen LogP contribution in [-0.4, -0.2) is 30.8 Å². The van der Waals surface area contributed by atoms with E-state index in [1.54, 1.807) is 4.90 Å². The molecular weight excluding hydrogens is 373 g/mol. The average molecular weight is 391 g/mol. The lowest BCUT2D eigenvalue weighted by atomic mass is 10.1. The molecule has 0 saturated carbocycles. The minimum Gasteiger partial charge on any atom is -0.457 e. The second-order valence-corrected chi connectivity index (χ2v) is 6.94. The number of carbonyl (C=O) groups is 3. The van der Waals surface area contributed by atoms with E-state index in [1.807, 2.05) is 42.5 Å². The van der Waals surface area contributed by atoms with E-state index in [2.05, 4.69) is 0 Å². The summed E-state index contributed by atoms with van der Waals surface area (Å²) < 4.78 is 18.1. The molecule has 146 valence electrons. The Morgan fingerprint density at radius 3 is 2.52 bits per heavy atom. The van der Waals surface area contributed by atoms with Crippen molar-refractivity contribution in [3.63, 3.8) is 0 Å². The van der Waals surface area contributed by atoms with Crippen molar-refractivity contribution in [3.05, 3.63) is 78.1 Å². The molecule has 0 radical (unpaired) electrons. The number of ether oxygens (including phenoxy) is 1. The van der Waals surface area contributed by atoms with E-state index in [0.29, 0.717) is 0 Å². The highest BCUT2D eigenvalue weighted by Gasteiger charge is 2.36. The fourth-order valence-corrected chi connectivity index (χ4v) is 3.52. The maximum absolute atomic E-state index is 12.9. The van der Waals surface area contributed by atoms with Gasteiger partial charge in [0, 0.05) is 23.9 Å². The van der Waals surface area contributed by atoms with Gasteiger partial charge in [-0.15, -0.1) is 0 Å². The van der Waals surface area contributed by atoms with Gasteiger partial charge >= 0.3 is 5.97 Å². The summed E-state index contributed by atoms with van der Waals surface area (Å²) in [4.78, 5) is 38.6. The van der Waals surface area contributed by atoms with Crippen LogP contribution in [0.15, 0.2) is 66.7 Å². The number of amides is 1. The molecule has 6 heteroatoms. The number of halogens is 1. The lowest BCUT2D eigenvalue weighted by Gasteiger charge is -2.18. The van der Waals surface area contributed by atoms with E-state index < -0.39 is 30.1 Å². The minimum absolute atomic E-state index is 0.0345. The minimum atomic E-state index is -0.637. The van der Waals surface area contributed by atoms with Gasteiger partial charge < -0.3 is 9.64 Å². The molecular formula is C23H18FNO4. The fraction of sp³-hybridized carbons (Fsp3) is 0.174. The molecule has 5 nitrogen and oxygen atoms in total. The van der Waals surface area contributed by atoms with Gasteiger partial charge in [0.1, 0.15) is 5.82 Å². The molecule has 1 saturated heterocycles. The van der Waals surface area contributed by atoms with Crippen LogP contribution >= 0.6 is 0 Å². The zero-order valence-electron chi connectivity index (χ0n) is 15.5. The van der Waals surface area contributed by atoms with Crippen LogP contribution < -0.4 is 4.90 Å². The SMILES string of the molecule is O=C(COC(=O)[C@@H]1CC(=O)N(c2cccc3ccccc23)C1)c1ccc(F)cc1. The molecule has 0 spiro atoms. The number of hydrogen-bond acceptors (Lipinski definition) is 4. The average Bonchev–Trinajstić information content (AvgIpc) is 3.13. The number of fused-ring (bicyclic) bond motifs is 1. The molecule has 0 N–H and O–H groups in total. The standard InChI is InChI=1S/C23H18FNO4/c24-18-10-8-16(9-11-18)21(26)14-29-23(28)17-12-22(27)25(13-17)20-7-3-5-15-4-1-2-6-19(15)20/h1-11,17H,12-14H2/t17-/m1/s1. The highest BCUT2D eigenvalue weighted by Crippen LogP contribution is 2.32. The molecule has 1 aliphatic rings. The Bertz CT molecular complexity index is 1090. The first-order valence-corrected chi connectivity index (χ1v) is 9.26. The van der Waals surface area contributed by atoms with Crippen LogP contribution in [0.4, 0.5) is 10.1 Å². The van der Waals surface area contributed by atoms with Gasteiger partial charge in [-0.1, -0.05) is 36.4 Å². The van der Waals surface area contributed by atoms with Gasteiger partial charge in [-0.3, -0.25) is 14.4 Å². The van der Waals surface area contributed by atoms with E-state index in [9.17, 15) is 18.8 Å². The third kappa shape index (κ3) is 3.87. The van der Waals surface area contributed by atoms with Crippen molar-refractivity contribution in [2.45, 2.75) is 6.42 Å². The van der Waals surface area contributed by atoms with Crippen molar-refractivity contribution < 1.29 is 23.5 Å². The number of carbonyl (C=O) groups excluding carboxylic acids is 3. The molecule has 0 aromatic heterocycles. The van der Waals surface area contributed by atoms with Crippen LogP contribution in [0.5, 0.6) is 0 Å². The number of hydrogen-bond donors (Lipinski definition) is 0. The predicted octanol–water partition coefficient (Wildman–Crippen LogP) is 3.76. The summed E-state index contributed by atoms with van der Waals surface area (Å²) in [5.74, 6) is -2.25. The Hall–Kier alpha value is -3.54. The lowest BCUT2D eigenvalue weighted by Crippen LogP contribution is -2.27. The molecule has 1 amide bonds. The molecule has 1 heterocycles. The van der Waals surface area contributed by atoms with Crippen LogP contribution in [0.25, 0.3) is 10.8 Å². The molecule has 4 rings (SSSR count). The number of benzene rings is 3. The molecule has 3 aromatic rings. The maximum Gasteiger partial charge on any atom is 0.311 e. The first-order chi connectivity index (χ1) is 14.0. The van der Waals surface area contributed by atoms with Crippen molar-refractivity contribution in [2.24, 2.45) is 5.92 Å². The summed E-state index contributed by atoms with van der Waals surface area (Å²) in [5, 5.41) is 1.94. The summed E-state index contributed by atoms with van der Waals surface area (Å²) >= 11 is 0. The van der Waals surface area contributed by atoms with Crippen LogP contribution in [0.2, 0.25) is 0 Å². The summed E-state index contributed by atoms with van der Waals surface area (Å²) in [6, 6.07) is 18.4. The molecule has 1 fully saturated rings. The summed E-state index contributed by atoms with van der Waals surface area (Å²) in [7, 11) is 0.